The third-order valence-corrected chi connectivity index (χ3v) is 5.71. The molecular formula is C18H25N3O2S. The Morgan fingerprint density at radius 2 is 1.92 bits per heavy atom. The van der Waals surface area contributed by atoms with Crippen LogP contribution in [0.25, 0.3) is 0 Å². The summed E-state index contributed by atoms with van der Waals surface area (Å²) >= 11 is 1.58. The molecule has 0 unspecified atom stereocenters. The molecule has 1 heterocycles. The second-order valence-electron chi connectivity index (χ2n) is 6.86. The number of hydrogen-bond donors (Lipinski definition) is 1. The second-order valence-corrected chi connectivity index (χ2v) is 7.71. The van der Waals surface area contributed by atoms with Crippen molar-refractivity contribution in [2.45, 2.75) is 23.8 Å². The molecule has 3 amide bonds. The molecule has 130 valence electrons. The van der Waals surface area contributed by atoms with E-state index in [-0.39, 0.29) is 18.0 Å². The van der Waals surface area contributed by atoms with Crippen LogP contribution in [0, 0.1) is 11.8 Å². The fraction of sp³-hybridized carbons (Fsp3) is 0.556. The van der Waals surface area contributed by atoms with Crippen molar-refractivity contribution in [3.8, 4) is 0 Å². The first-order valence-electron chi connectivity index (χ1n) is 8.41. The largest absolute Gasteiger partial charge is 0.347 e. The monoisotopic (exact) mass is 347 g/mol. The summed E-state index contributed by atoms with van der Waals surface area (Å²) in [5.74, 6) is 0.986. The number of carbonyl (C=O) groups excluding carboxylic acids is 2. The van der Waals surface area contributed by atoms with Crippen molar-refractivity contribution < 1.29 is 9.59 Å². The van der Waals surface area contributed by atoms with Crippen LogP contribution >= 0.6 is 11.8 Å². The molecule has 2 atom stereocenters. The van der Waals surface area contributed by atoms with E-state index in [2.05, 4.69) is 5.32 Å². The number of benzene rings is 1. The van der Waals surface area contributed by atoms with Crippen molar-refractivity contribution >= 4 is 23.7 Å². The highest BCUT2D eigenvalue weighted by Gasteiger charge is 2.44. The first-order valence-corrected chi connectivity index (χ1v) is 9.64. The molecule has 3 rings (SSSR count). The minimum Gasteiger partial charge on any atom is -0.347 e. The Labute approximate surface area is 147 Å². The van der Waals surface area contributed by atoms with E-state index in [1.54, 1.807) is 30.8 Å². The molecule has 6 heteroatoms. The van der Waals surface area contributed by atoms with Gasteiger partial charge in [0.15, 0.2) is 0 Å². The summed E-state index contributed by atoms with van der Waals surface area (Å²) < 4.78 is 0. The second kappa shape index (κ2) is 7.05. The molecule has 0 aromatic heterocycles. The Bertz CT molecular complexity index is 630. The Morgan fingerprint density at radius 1 is 1.21 bits per heavy atom. The average molecular weight is 347 g/mol. The molecule has 24 heavy (non-hydrogen) atoms. The fourth-order valence-corrected chi connectivity index (χ4v) is 4.10. The summed E-state index contributed by atoms with van der Waals surface area (Å²) in [4.78, 5) is 29.5. The Hall–Kier alpha value is -1.69. The van der Waals surface area contributed by atoms with Gasteiger partial charge in [0.05, 0.1) is 11.6 Å². The standard InChI is InChI=1S/C18H25N3O2S/c1-20(2)18(23)21-10-14(12-8-9-12)15(11-21)19-17(22)13-6-4-5-7-16(13)24-3/h4-7,12,14-15H,8-11H2,1-3H3,(H,19,22)/t14-,15+/m1/s1. The number of thioether (sulfide) groups is 1. The van der Waals surface area contributed by atoms with Gasteiger partial charge in [0, 0.05) is 38.0 Å². The van der Waals surface area contributed by atoms with Gasteiger partial charge in [-0.1, -0.05) is 12.1 Å². The van der Waals surface area contributed by atoms with Crippen molar-refractivity contribution in [2.75, 3.05) is 33.4 Å². The quantitative estimate of drug-likeness (QED) is 0.852. The third kappa shape index (κ3) is 3.53. The van der Waals surface area contributed by atoms with Gasteiger partial charge in [-0.25, -0.2) is 4.79 Å². The van der Waals surface area contributed by atoms with E-state index in [1.807, 2.05) is 35.4 Å². The highest BCUT2D eigenvalue weighted by atomic mass is 32.2. The summed E-state index contributed by atoms with van der Waals surface area (Å²) in [6, 6.07) is 7.75. The Kier molecular flexibility index (Phi) is 5.04. The van der Waals surface area contributed by atoms with Crippen molar-refractivity contribution in [2.24, 2.45) is 11.8 Å². The van der Waals surface area contributed by atoms with E-state index in [0.29, 0.717) is 18.4 Å². The van der Waals surface area contributed by atoms with Crippen LogP contribution in [0.3, 0.4) is 0 Å². The minimum atomic E-state index is -0.0326. The molecule has 1 saturated heterocycles. The van der Waals surface area contributed by atoms with Crippen molar-refractivity contribution in [3.05, 3.63) is 29.8 Å². The molecule has 0 bridgehead atoms. The zero-order valence-corrected chi connectivity index (χ0v) is 15.3. The highest BCUT2D eigenvalue weighted by molar-refractivity contribution is 7.98. The number of amides is 3. The molecule has 1 aromatic carbocycles. The maximum absolute atomic E-state index is 12.7. The number of hydrogen-bond acceptors (Lipinski definition) is 3. The highest BCUT2D eigenvalue weighted by Crippen LogP contribution is 2.41. The lowest BCUT2D eigenvalue weighted by Gasteiger charge is -2.21. The van der Waals surface area contributed by atoms with Crippen LogP contribution in [0.2, 0.25) is 0 Å². The maximum atomic E-state index is 12.7. The summed E-state index contributed by atoms with van der Waals surface area (Å²) in [6.45, 7) is 1.35. The van der Waals surface area contributed by atoms with Gasteiger partial charge in [0.25, 0.3) is 5.91 Å². The van der Waals surface area contributed by atoms with Crippen LogP contribution in [0.5, 0.6) is 0 Å². The number of carbonyl (C=O) groups is 2. The van der Waals surface area contributed by atoms with Crippen LogP contribution < -0.4 is 5.32 Å². The lowest BCUT2D eigenvalue weighted by atomic mass is 9.98. The fourth-order valence-electron chi connectivity index (χ4n) is 3.50. The summed E-state index contributed by atoms with van der Waals surface area (Å²) in [7, 11) is 3.55. The molecule has 1 N–H and O–H groups in total. The molecule has 1 aromatic rings. The number of nitrogens with one attached hydrogen (secondary N) is 1. The van der Waals surface area contributed by atoms with Crippen LogP contribution in [0.15, 0.2) is 29.2 Å². The van der Waals surface area contributed by atoms with E-state index in [4.69, 9.17) is 0 Å². The van der Waals surface area contributed by atoms with Crippen LogP contribution in [-0.4, -0.2) is 61.2 Å². The Balaban J connectivity index is 1.72. The van der Waals surface area contributed by atoms with Crippen molar-refractivity contribution in [1.82, 2.24) is 15.1 Å². The molecule has 5 nitrogen and oxygen atoms in total. The lowest BCUT2D eigenvalue weighted by molar-refractivity contribution is 0.0924. The summed E-state index contributed by atoms with van der Waals surface area (Å²) in [6.07, 6.45) is 4.40. The molecule has 2 fully saturated rings. The molecule has 2 aliphatic rings. The van der Waals surface area contributed by atoms with E-state index in [9.17, 15) is 9.59 Å². The first-order chi connectivity index (χ1) is 11.5. The predicted molar refractivity (Wildman–Crippen MR) is 96.3 cm³/mol. The van der Waals surface area contributed by atoms with Gasteiger partial charge in [-0.2, -0.15) is 0 Å². The Morgan fingerprint density at radius 3 is 2.54 bits per heavy atom. The molecule has 0 spiro atoms. The van der Waals surface area contributed by atoms with Gasteiger partial charge in [-0.15, -0.1) is 11.8 Å². The zero-order chi connectivity index (χ0) is 17.3. The van der Waals surface area contributed by atoms with E-state index in [0.717, 1.165) is 17.0 Å². The van der Waals surface area contributed by atoms with Gasteiger partial charge < -0.3 is 15.1 Å². The smallest absolute Gasteiger partial charge is 0.319 e. The van der Waals surface area contributed by atoms with Crippen LogP contribution in [0.4, 0.5) is 4.79 Å². The van der Waals surface area contributed by atoms with Gasteiger partial charge in [0.2, 0.25) is 0 Å². The number of likely N-dealkylation sites (tertiary alicyclic amines) is 1. The van der Waals surface area contributed by atoms with E-state index < -0.39 is 0 Å². The zero-order valence-electron chi connectivity index (χ0n) is 14.5. The van der Waals surface area contributed by atoms with Gasteiger partial charge in [-0.3, -0.25) is 4.79 Å². The molecule has 1 aliphatic heterocycles. The molecule has 0 radical (unpaired) electrons. The third-order valence-electron chi connectivity index (χ3n) is 4.91. The van der Waals surface area contributed by atoms with Gasteiger partial charge in [-0.05, 0) is 37.1 Å². The van der Waals surface area contributed by atoms with Crippen molar-refractivity contribution in [3.63, 3.8) is 0 Å². The normalized spacial score (nSPS) is 23.2. The summed E-state index contributed by atoms with van der Waals surface area (Å²) in [5.41, 5.74) is 0.719. The van der Waals surface area contributed by atoms with E-state index >= 15 is 0 Å². The SMILES string of the molecule is CSc1ccccc1C(=O)N[C@H]1CN(C(=O)N(C)C)C[C@@H]1C1CC1. The van der Waals surface area contributed by atoms with E-state index in [1.165, 1.54) is 12.8 Å². The summed E-state index contributed by atoms with van der Waals surface area (Å²) in [5, 5.41) is 3.20. The predicted octanol–water partition coefficient (Wildman–Crippen LogP) is 2.53. The average Bonchev–Trinajstić information content (AvgIpc) is 3.34. The minimum absolute atomic E-state index is 0.0295. The van der Waals surface area contributed by atoms with Crippen molar-refractivity contribution in [1.29, 1.82) is 0 Å². The number of nitrogens with zero attached hydrogens (tertiary/aromatic N) is 2. The first kappa shape index (κ1) is 17.1. The van der Waals surface area contributed by atoms with Gasteiger partial charge >= 0.3 is 6.03 Å². The van der Waals surface area contributed by atoms with Crippen LogP contribution in [-0.2, 0) is 0 Å². The topological polar surface area (TPSA) is 52.7 Å². The number of rotatable bonds is 4. The molecule has 1 saturated carbocycles. The van der Waals surface area contributed by atoms with Crippen LogP contribution in [0.1, 0.15) is 23.2 Å². The number of urea groups is 1. The lowest BCUT2D eigenvalue weighted by Crippen LogP contribution is -2.43. The molecule has 1 aliphatic carbocycles. The molecular weight excluding hydrogens is 322 g/mol. The van der Waals surface area contributed by atoms with Gasteiger partial charge in [0.1, 0.15) is 0 Å². The maximum Gasteiger partial charge on any atom is 0.319 e.